The SMILES string of the molecule is CCCN(CCC)C(=O)NCC(O)(CC)CC. The monoisotopic (exact) mass is 244 g/mol. The van der Waals surface area contributed by atoms with E-state index in [1.54, 1.807) is 0 Å². The molecule has 0 saturated heterocycles. The first-order valence-corrected chi connectivity index (χ1v) is 6.78. The lowest BCUT2D eigenvalue weighted by molar-refractivity contribution is 0.0336. The zero-order valence-electron chi connectivity index (χ0n) is 11.8. The summed E-state index contributed by atoms with van der Waals surface area (Å²) in [6, 6.07) is -0.0611. The molecule has 0 unspecified atom stereocenters. The molecule has 0 radical (unpaired) electrons. The molecule has 0 spiro atoms. The van der Waals surface area contributed by atoms with Gasteiger partial charge in [-0.05, 0) is 25.7 Å². The molecular weight excluding hydrogens is 216 g/mol. The number of aliphatic hydroxyl groups is 1. The summed E-state index contributed by atoms with van der Waals surface area (Å²) < 4.78 is 0. The Hall–Kier alpha value is -0.770. The minimum absolute atomic E-state index is 0.0611. The molecule has 0 atom stereocenters. The van der Waals surface area contributed by atoms with E-state index in [1.807, 2.05) is 18.7 Å². The number of nitrogens with zero attached hydrogens (tertiary/aromatic N) is 1. The fraction of sp³-hybridized carbons (Fsp3) is 0.923. The van der Waals surface area contributed by atoms with E-state index in [0.717, 1.165) is 25.9 Å². The molecule has 4 heteroatoms. The maximum Gasteiger partial charge on any atom is 0.317 e. The second-order valence-electron chi connectivity index (χ2n) is 4.58. The molecule has 2 amide bonds. The van der Waals surface area contributed by atoms with Crippen molar-refractivity contribution in [1.29, 1.82) is 0 Å². The summed E-state index contributed by atoms with van der Waals surface area (Å²) in [4.78, 5) is 13.7. The van der Waals surface area contributed by atoms with Gasteiger partial charge in [0.25, 0.3) is 0 Å². The van der Waals surface area contributed by atoms with Crippen LogP contribution in [0.5, 0.6) is 0 Å². The minimum Gasteiger partial charge on any atom is -0.388 e. The number of carbonyl (C=O) groups is 1. The highest BCUT2D eigenvalue weighted by molar-refractivity contribution is 5.74. The lowest BCUT2D eigenvalue weighted by Crippen LogP contribution is -2.47. The topological polar surface area (TPSA) is 52.6 Å². The molecule has 0 fully saturated rings. The predicted molar refractivity (Wildman–Crippen MR) is 71.1 cm³/mol. The Balaban J connectivity index is 4.21. The number of amides is 2. The Morgan fingerprint density at radius 3 is 1.94 bits per heavy atom. The van der Waals surface area contributed by atoms with Crippen LogP contribution < -0.4 is 5.32 Å². The Morgan fingerprint density at radius 2 is 1.59 bits per heavy atom. The van der Waals surface area contributed by atoms with Crippen molar-refractivity contribution in [2.24, 2.45) is 0 Å². The van der Waals surface area contributed by atoms with Crippen LogP contribution in [-0.2, 0) is 0 Å². The molecule has 0 aliphatic heterocycles. The number of urea groups is 1. The number of carbonyl (C=O) groups excluding carboxylic acids is 1. The maximum absolute atomic E-state index is 11.9. The van der Waals surface area contributed by atoms with E-state index in [1.165, 1.54) is 0 Å². The van der Waals surface area contributed by atoms with Gasteiger partial charge in [-0.2, -0.15) is 0 Å². The number of rotatable bonds is 8. The molecule has 0 bridgehead atoms. The van der Waals surface area contributed by atoms with Gasteiger partial charge in [0.05, 0.1) is 5.60 Å². The molecule has 0 aromatic carbocycles. The third-order valence-electron chi connectivity index (χ3n) is 3.16. The maximum atomic E-state index is 11.9. The van der Waals surface area contributed by atoms with Crippen LogP contribution >= 0.6 is 0 Å². The van der Waals surface area contributed by atoms with E-state index in [-0.39, 0.29) is 6.03 Å². The largest absolute Gasteiger partial charge is 0.388 e. The summed E-state index contributed by atoms with van der Waals surface area (Å²) >= 11 is 0. The van der Waals surface area contributed by atoms with Crippen LogP contribution in [0.4, 0.5) is 4.79 Å². The van der Waals surface area contributed by atoms with Gasteiger partial charge in [0.2, 0.25) is 0 Å². The summed E-state index contributed by atoms with van der Waals surface area (Å²) in [7, 11) is 0. The van der Waals surface area contributed by atoms with Gasteiger partial charge in [-0.15, -0.1) is 0 Å². The smallest absolute Gasteiger partial charge is 0.317 e. The molecule has 0 aliphatic carbocycles. The Kier molecular flexibility index (Phi) is 7.96. The van der Waals surface area contributed by atoms with E-state index in [0.29, 0.717) is 19.4 Å². The molecular formula is C13H28N2O2. The second kappa shape index (κ2) is 8.34. The average Bonchev–Trinajstić information content (AvgIpc) is 2.35. The molecule has 0 aromatic heterocycles. The standard InChI is InChI=1S/C13H28N2O2/c1-5-9-15(10-6-2)12(16)14-11-13(17,7-3)8-4/h17H,5-11H2,1-4H3,(H,14,16). The van der Waals surface area contributed by atoms with Crippen LogP contribution in [0, 0.1) is 0 Å². The van der Waals surface area contributed by atoms with E-state index < -0.39 is 5.60 Å². The van der Waals surface area contributed by atoms with Gasteiger partial charge in [-0.1, -0.05) is 27.7 Å². The quantitative estimate of drug-likeness (QED) is 0.688. The fourth-order valence-corrected chi connectivity index (χ4v) is 1.71. The van der Waals surface area contributed by atoms with Crippen LogP contribution in [0.3, 0.4) is 0 Å². The highest BCUT2D eigenvalue weighted by Gasteiger charge is 2.23. The van der Waals surface area contributed by atoms with Crippen molar-refractivity contribution in [3.8, 4) is 0 Å². The third-order valence-corrected chi connectivity index (χ3v) is 3.16. The molecule has 0 saturated carbocycles. The predicted octanol–water partition coefficient (Wildman–Crippen LogP) is 2.37. The van der Waals surface area contributed by atoms with Crippen LogP contribution in [0.2, 0.25) is 0 Å². The fourth-order valence-electron chi connectivity index (χ4n) is 1.71. The molecule has 0 heterocycles. The summed E-state index contributed by atoms with van der Waals surface area (Å²) in [5, 5.41) is 12.9. The molecule has 0 aliphatic rings. The average molecular weight is 244 g/mol. The molecule has 2 N–H and O–H groups in total. The van der Waals surface area contributed by atoms with Crippen LogP contribution in [-0.4, -0.2) is 41.3 Å². The molecule has 17 heavy (non-hydrogen) atoms. The summed E-state index contributed by atoms with van der Waals surface area (Å²) in [5.74, 6) is 0. The highest BCUT2D eigenvalue weighted by atomic mass is 16.3. The molecule has 0 aromatic rings. The molecule has 0 rings (SSSR count). The summed E-state index contributed by atoms with van der Waals surface area (Å²) in [5.41, 5.74) is -0.764. The van der Waals surface area contributed by atoms with Crippen LogP contribution in [0.1, 0.15) is 53.4 Å². The van der Waals surface area contributed by atoms with Crippen molar-refractivity contribution in [2.75, 3.05) is 19.6 Å². The highest BCUT2D eigenvalue weighted by Crippen LogP contribution is 2.13. The lowest BCUT2D eigenvalue weighted by Gasteiger charge is -2.28. The Bertz CT molecular complexity index is 209. The summed E-state index contributed by atoms with van der Waals surface area (Å²) in [6.07, 6.45) is 3.23. The van der Waals surface area contributed by atoms with Crippen molar-refractivity contribution < 1.29 is 9.90 Å². The van der Waals surface area contributed by atoms with Crippen molar-refractivity contribution in [3.05, 3.63) is 0 Å². The zero-order valence-corrected chi connectivity index (χ0v) is 11.8. The van der Waals surface area contributed by atoms with Gasteiger partial charge in [0.1, 0.15) is 0 Å². The minimum atomic E-state index is -0.764. The van der Waals surface area contributed by atoms with Crippen LogP contribution in [0.25, 0.3) is 0 Å². The molecule has 102 valence electrons. The van der Waals surface area contributed by atoms with E-state index in [9.17, 15) is 9.90 Å². The van der Waals surface area contributed by atoms with Crippen LogP contribution in [0.15, 0.2) is 0 Å². The molecule has 4 nitrogen and oxygen atoms in total. The Morgan fingerprint density at radius 1 is 1.12 bits per heavy atom. The first-order chi connectivity index (χ1) is 8.02. The zero-order chi connectivity index (χ0) is 13.3. The third kappa shape index (κ3) is 5.91. The number of nitrogens with one attached hydrogen (secondary N) is 1. The number of hydrogen-bond acceptors (Lipinski definition) is 2. The van der Waals surface area contributed by atoms with Gasteiger partial charge in [0, 0.05) is 19.6 Å². The summed E-state index contributed by atoms with van der Waals surface area (Å²) in [6.45, 7) is 9.88. The number of hydrogen-bond donors (Lipinski definition) is 2. The normalized spacial score (nSPS) is 11.4. The Labute approximate surface area is 105 Å². The van der Waals surface area contributed by atoms with Crippen molar-refractivity contribution in [1.82, 2.24) is 10.2 Å². The van der Waals surface area contributed by atoms with Gasteiger partial charge in [-0.25, -0.2) is 4.79 Å². The first kappa shape index (κ1) is 16.2. The van der Waals surface area contributed by atoms with Gasteiger partial charge < -0.3 is 15.3 Å². The van der Waals surface area contributed by atoms with E-state index in [4.69, 9.17) is 0 Å². The van der Waals surface area contributed by atoms with Gasteiger partial charge in [0.15, 0.2) is 0 Å². The lowest BCUT2D eigenvalue weighted by atomic mass is 9.98. The second-order valence-corrected chi connectivity index (χ2v) is 4.58. The van der Waals surface area contributed by atoms with E-state index >= 15 is 0 Å². The van der Waals surface area contributed by atoms with Gasteiger partial charge in [-0.3, -0.25) is 0 Å². The van der Waals surface area contributed by atoms with E-state index in [2.05, 4.69) is 19.2 Å². The van der Waals surface area contributed by atoms with Crippen molar-refractivity contribution in [2.45, 2.75) is 59.0 Å². The van der Waals surface area contributed by atoms with Gasteiger partial charge >= 0.3 is 6.03 Å². The first-order valence-electron chi connectivity index (χ1n) is 6.78. The van der Waals surface area contributed by atoms with Crippen molar-refractivity contribution >= 4 is 6.03 Å². The van der Waals surface area contributed by atoms with Crippen molar-refractivity contribution in [3.63, 3.8) is 0 Å².